The maximum atomic E-state index is 11.2. The average Bonchev–Trinajstić information content (AvgIpc) is 2.38. The first-order chi connectivity index (χ1) is 9.54. The monoisotopic (exact) mass is 299 g/mol. The van der Waals surface area contributed by atoms with E-state index < -0.39 is 5.91 Å². The van der Waals surface area contributed by atoms with Gasteiger partial charge in [0, 0.05) is 19.6 Å². The molecule has 1 aliphatic heterocycles. The van der Waals surface area contributed by atoms with Crippen LogP contribution in [-0.2, 0) is 9.53 Å². The largest absolute Gasteiger partial charge is 0.374 e. The molecule has 0 aliphatic carbocycles. The fourth-order valence-electron chi connectivity index (χ4n) is 2.10. The minimum Gasteiger partial charge on any atom is -0.374 e. The van der Waals surface area contributed by atoms with Gasteiger partial charge in [-0.05, 0) is 7.05 Å². The lowest BCUT2D eigenvalue weighted by atomic mass is 10.2. The maximum absolute atomic E-state index is 11.2. The molecule has 2 heterocycles. The van der Waals surface area contributed by atoms with Crippen LogP contribution in [0.25, 0.3) is 0 Å². The van der Waals surface area contributed by atoms with Crippen molar-refractivity contribution in [3.63, 3.8) is 0 Å². The van der Waals surface area contributed by atoms with Crippen LogP contribution < -0.4 is 10.6 Å². The molecule has 0 radical (unpaired) electrons. The molecule has 2 rings (SSSR count). The molecule has 0 saturated carbocycles. The van der Waals surface area contributed by atoms with E-state index in [9.17, 15) is 4.79 Å². The topological polar surface area (TPSA) is 84.6 Å². The summed E-state index contributed by atoms with van der Waals surface area (Å²) >= 11 is 5.77. The number of hydrogen-bond donors (Lipinski definition) is 1. The molecular weight excluding hydrogens is 282 g/mol. The van der Waals surface area contributed by atoms with Gasteiger partial charge in [-0.1, -0.05) is 11.6 Å². The molecule has 110 valence electrons. The second-order valence-corrected chi connectivity index (χ2v) is 5.24. The predicted octanol–water partition coefficient (Wildman–Crippen LogP) is -0.248. The van der Waals surface area contributed by atoms with Crippen molar-refractivity contribution >= 4 is 23.5 Å². The summed E-state index contributed by atoms with van der Waals surface area (Å²) in [5.74, 6) is -0.0160. The lowest BCUT2D eigenvalue weighted by Gasteiger charge is -2.33. The Bertz CT molecular complexity index is 456. The molecule has 20 heavy (non-hydrogen) atoms. The second-order valence-electron chi connectivity index (χ2n) is 4.80. The Balaban J connectivity index is 2.06. The van der Waals surface area contributed by atoms with Crippen LogP contribution in [0.1, 0.15) is 0 Å². The van der Waals surface area contributed by atoms with Crippen molar-refractivity contribution in [2.45, 2.75) is 6.10 Å². The Morgan fingerprint density at radius 3 is 2.90 bits per heavy atom. The number of halogens is 1. The Morgan fingerprint density at radius 1 is 1.60 bits per heavy atom. The molecule has 0 aromatic carbocycles. The smallest absolute Gasteiger partial charge is 0.237 e. The number of ether oxygens (including phenoxy) is 1. The van der Waals surface area contributed by atoms with Crippen molar-refractivity contribution in [2.24, 2.45) is 5.73 Å². The minimum atomic E-state index is -0.437. The lowest BCUT2D eigenvalue weighted by Crippen LogP contribution is -2.48. The third kappa shape index (κ3) is 4.29. The van der Waals surface area contributed by atoms with E-state index in [0.717, 1.165) is 13.1 Å². The maximum Gasteiger partial charge on any atom is 0.237 e. The van der Waals surface area contributed by atoms with Gasteiger partial charge in [0.25, 0.3) is 0 Å². The first-order valence-corrected chi connectivity index (χ1v) is 6.73. The molecule has 1 saturated heterocycles. The summed E-state index contributed by atoms with van der Waals surface area (Å²) in [6.45, 7) is 2.93. The summed E-state index contributed by atoms with van der Waals surface area (Å²) in [4.78, 5) is 23.3. The fraction of sp³-hybridized carbons (Fsp3) is 0.583. The van der Waals surface area contributed by atoms with Crippen molar-refractivity contribution in [3.05, 3.63) is 17.4 Å². The predicted molar refractivity (Wildman–Crippen MR) is 75.7 cm³/mol. The Morgan fingerprint density at radius 2 is 2.30 bits per heavy atom. The van der Waals surface area contributed by atoms with E-state index in [-0.39, 0.29) is 12.6 Å². The van der Waals surface area contributed by atoms with Gasteiger partial charge in [0.2, 0.25) is 11.9 Å². The molecule has 7 nitrogen and oxygen atoms in total. The fourth-order valence-corrected chi connectivity index (χ4v) is 2.19. The van der Waals surface area contributed by atoms with E-state index in [4.69, 9.17) is 22.1 Å². The number of nitrogens with zero attached hydrogens (tertiary/aromatic N) is 4. The summed E-state index contributed by atoms with van der Waals surface area (Å²) < 4.78 is 5.69. The third-order valence-electron chi connectivity index (χ3n) is 3.00. The summed E-state index contributed by atoms with van der Waals surface area (Å²) in [6.07, 6.45) is 2.98. The number of carbonyl (C=O) groups is 1. The molecular formula is C12H18ClN5O2. The van der Waals surface area contributed by atoms with Gasteiger partial charge in [-0.25, -0.2) is 9.97 Å². The Labute approximate surface area is 122 Å². The molecule has 2 N–H and O–H groups in total. The number of aromatic nitrogens is 2. The molecule has 1 unspecified atom stereocenters. The Kier molecular flexibility index (Phi) is 5.11. The number of rotatable bonds is 5. The molecule has 1 aliphatic rings. The third-order valence-corrected chi connectivity index (χ3v) is 3.20. The zero-order chi connectivity index (χ0) is 14.5. The van der Waals surface area contributed by atoms with Crippen molar-refractivity contribution in [1.29, 1.82) is 0 Å². The molecule has 8 heteroatoms. The van der Waals surface area contributed by atoms with E-state index in [0.29, 0.717) is 24.1 Å². The number of amides is 1. The summed E-state index contributed by atoms with van der Waals surface area (Å²) in [6, 6.07) is 0. The van der Waals surface area contributed by atoms with Crippen LogP contribution in [0.5, 0.6) is 0 Å². The molecule has 0 bridgehead atoms. The lowest BCUT2D eigenvalue weighted by molar-refractivity contribution is -0.116. The molecule has 1 fully saturated rings. The number of likely N-dealkylation sites (N-methyl/N-ethyl adjacent to an activating group) is 1. The van der Waals surface area contributed by atoms with Crippen LogP contribution in [0.15, 0.2) is 12.4 Å². The summed E-state index contributed by atoms with van der Waals surface area (Å²) in [7, 11) is 2.03. The summed E-state index contributed by atoms with van der Waals surface area (Å²) in [5.41, 5.74) is 5.28. The molecule has 0 spiro atoms. The normalized spacial score (nSPS) is 19.8. The van der Waals surface area contributed by atoms with Gasteiger partial charge in [-0.2, -0.15) is 0 Å². The number of morpholine rings is 1. The SMILES string of the molecule is CN1CCOC(CN(CC(N)=O)c2ncc(Cl)cn2)C1. The van der Waals surface area contributed by atoms with Gasteiger partial charge in [-0.3, -0.25) is 4.79 Å². The first kappa shape index (κ1) is 15.0. The zero-order valence-corrected chi connectivity index (χ0v) is 12.1. The van der Waals surface area contributed by atoms with E-state index in [1.54, 1.807) is 4.90 Å². The van der Waals surface area contributed by atoms with Crippen molar-refractivity contribution < 1.29 is 9.53 Å². The Hall–Kier alpha value is -1.44. The number of nitrogens with two attached hydrogens (primary N) is 1. The number of anilines is 1. The molecule has 1 aromatic heterocycles. The zero-order valence-electron chi connectivity index (χ0n) is 11.3. The van der Waals surface area contributed by atoms with Crippen LogP contribution in [0.4, 0.5) is 5.95 Å². The van der Waals surface area contributed by atoms with Gasteiger partial charge in [0.05, 0.1) is 36.7 Å². The molecule has 1 amide bonds. The van der Waals surface area contributed by atoms with Gasteiger partial charge in [0.15, 0.2) is 0 Å². The van der Waals surface area contributed by atoms with Gasteiger partial charge in [0.1, 0.15) is 0 Å². The van der Waals surface area contributed by atoms with Crippen LogP contribution in [-0.4, -0.2) is 66.7 Å². The first-order valence-electron chi connectivity index (χ1n) is 6.35. The highest BCUT2D eigenvalue weighted by Gasteiger charge is 2.23. The highest BCUT2D eigenvalue weighted by atomic mass is 35.5. The summed E-state index contributed by atoms with van der Waals surface area (Å²) in [5, 5.41) is 0.446. The van der Waals surface area contributed by atoms with Crippen LogP contribution in [0.2, 0.25) is 5.02 Å². The molecule has 1 atom stereocenters. The van der Waals surface area contributed by atoms with E-state index in [1.807, 2.05) is 7.05 Å². The highest BCUT2D eigenvalue weighted by Crippen LogP contribution is 2.13. The second kappa shape index (κ2) is 6.83. The van der Waals surface area contributed by atoms with Gasteiger partial charge < -0.3 is 20.3 Å². The highest BCUT2D eigenvalue weighted by molar-refractivity contribution is 6.30. The van der Waals surface area contributed by atoms with E-state index in [1.165, 1.54) is 12.4 Å². The average molecular weight is 300 g/mol. The van der Waals surface area contributed by atoms with Crippen molar-refractivity contribution in [3.8, 4) is 0 Å². The van der Waals surface area contributed by atoms with Crippen LogP contribution in [0, 0.1) is 0 Å². The van der Waals surface area contributed by atoms with Gasteiger partial charge in [-0.15, -0.1) is 0 Å². The molecule has 1 aromatic rings. The van der Waals surface area contributed by atoms with Gasteiger partial charge >= 0.3 is 0 Å². The quantitative estimate of drug-likeness (QED) is 0.807. The number of hydrogen-bond acceptors (Lipinski definition) is 6. The number of primary amides is 1. The van der Waals surface area contributed by atoms with E-state index >= 15 is 0 Å². The van der Waals surface area contributed by atoms with E-state index in [2.05, 4.69) is 14.9 Å². The number of carbonyl (C=O) groups excluding carboxylic acids is 1. The van der Waals surface area contributed by atoms with Crippen molar-refractivity contribution in [1.82, 2.24) is 14.9 Å². The minimum absolute atomic E-state index is 0.00706. The standard InChI is InChI=1S/C12H18ClN5O2/c1-17-2-3-20-10(6-17)7-18(8-11(14)19)12-15-4-9(13)5-16-12/h4-5,10H,2-3,6-8H2,1H3,(H2,14,19). The van der Waals surface area contributed by atoms with Crippen LogP contribution >= 0.6 is 11.6 Å². The van der Waals surface area contributed by atoms with Crippen molar-refractivity contribution in [2.75, 3.05) is 44.7 Å². The van der Waals surface area contributed by atoms with Crippen LogP contribution in [0.3, 0.4) is 0 Å².